The third-order valence-electron chi connectivity index (χ3n) is 4.10. The maximum absolute atomic E-state index is 12.9. The second-order valence-corrected chi connectivity index (χ2v) is 5.81. The van der Waals surface area contributed by atoms with Crippen LogP contribution in [0.15, 0.2) is 83.9 Å². The summed E-state index contributed by atoms with van der Waals surface area (Å²) in [4.78, 5) is 32.2. The maximum atomic E-state index is 12.9. The normalized spacial score (nSPS) is 10.6. The first kappa shape index (κ1) is 15.8. The standard InChI is InChI=1S/C21H15N3O2/c25-20-10-11-22-13-19(20)24-21(26)16-12-18(14-6-2-1-3-7-14)23-17-9-5-4-8-15(16)17/h1-13H,(H,22,25)(H,24,26). The van der Waals surface area contributed by atoms with Crippen LogP contribution in [-0.4, -0.2) is 15.9 Å². The Kier molecular flexibility index (Phi) is 4.03. The SMILES string of the molecule is O=C(Nc1c[nH]ccc1=O)c1cc(-c2ccccc2)nc2ccccc12. The minimum atomic E-state index is -0.350. The molecule has 26 heavy (non-hydrogen) atoms. The van der Waals surface area contributed by atoms with E-state index in [4.69, 9.17) is 0 Å². The number of nitrogens with one attached hydrogen (secondary N) is 2. The number of hydrogen-bond donors (Lipinski definition) is 2. The molecule has 2 aromatic carbocycles. The van der Waals surface area contributed by atoms with Gasteiger partial charge in [0.15, 0.2) is 0 Å². The van der Waals surface area contributed by atoms with Crippen molar-refractivity contribution in [1.29, 1.82) is 0 Å². The minimum Gasteiger partial charge on any atom is -0.366 e. The molecule has 4 rings (SSSR count). The third kappa shape index (κ3) is 2.98. The molecule has 5 heteroatoms. The van der Waals surface area contributed by atoms with Crippen molar-refractivity contribution in [1.82, 2.24) is 9.97 Å². The van der Waals surface area contributed by atoms with Crippen molar-refractivity contribution in [2.75, 3.05) is 5.32 Å². The van der Waals surface area contributed by atoms with Gasteiger partial charge in [-0.2, -0.15) is 0 Å². The average Bonchev–Trinajstić information content (AvgIpc) is 2.69. The monoisotopic (exact) mass is 341 g/mol. The van der Waals surface area contributed by atoms with Crippen LogP contribution in [0, 0.1) is 0 Å². The molecule has 2 N–H and O–H groups in total. The highest BCUT2D eigenvalue weighted by molar-refractivity contribution is 6.13. The van der Waals surface area contributed by atoms with Gasteiger partial charge in [-0.05, 0) is 12.1 Å². The summed E-state index contributed by atoms with van der Waals surface area (Å²) < 4.78 is 0. The fourth-order valence-electron chi connectivity index (χ4n) is 2.82. The third-order valence-corrected chi connectivity index (χ3v) is 4.10. The topological polar surface area (TPSA) is 74.8 Å². The molecule has 0 saturated heterocycles. The minimum absolute atomic E-state index is 0.208. The van der Waals surface area contributed by atoms with Crippen LogP contribution in [-0.2, 0) is 0 Å². The lowest BCUT2D eigenvalue weighted by molar-refractivity contribution is 0.102. The molecule has 4 aromatic rings. The van der Waals surface area contributed by atoms with Crippen LogP contribution in [0.3, 0.4) is 0 Å². The number of nitrogens with zero attached hydrogens (tertiary/aromatic N) is 1. The summed E-state index contributed by atoms with van der Waals surface area (Å²) in [6.45, 7) is 0. The smallest absolute Gasteiger partial charge is 0.256 e. The summed E-state index contributed by atoms with van der Waals surface area (Å²) in [7, 11) is 0. The fraction of sp³-hybridized carbons (Fsp3) is 0. The molecule has 0 saturated carbocycles. The van der Waals surface area contributed by atoms with Crippen LogP contribution in [0.4, 0.5) is 5.69 Å². The molecular weight excluding hydrogens is 326 g/mol. The number of aromatic amines is 1. The molecule has 0 aliphatic rings. The molecule has 0 spiro atoms. The van der Waals surface area contributed by atoms with E-state index in [-0.39, 0.29) is 17.0 Å². The van der Waals surface area contributed by atoms with Gasteiger partial charge in [0.1, 0.15) is 5.69 Å². The van der Waals surface area contributed by atoms with Gasteiger partial charge in [0.25, 0.3) is 5.91 Å². The van der Waals surface area contributed by atoms with E-state index >= 15 is 0 Å². The zero-order chi connectivity index (χ0) is 17.9. The van der Waals surface area contributed by atoms with Crippen molar-refractivity contribution in [2.24, 2.45) is 0 Å². The van der Waals surface area contributed by atoms with Gasteiger partial charge in [-0.25, -0.2) is 4.98 Å². The van der Waals surface area contributed by atoms with E-state index in [0.717, 1.165) is 16.5 Å². The number of aromatic nitrogens is 2. The number of carbonyl (C=O) groups excluding carboxylic acids is 1. The van der Waals surface area contributed by atoms with Gasteiger partial charge in [-0.3, -0.25) is 9.59 Å². The zero-order valence-corrected chi connectivity index (χ0v) is 13.8. The van der Waals surface area contributed by atoms with Gasteiger partial charge in [0, 0.05) is 29.4 Å². The number of pyridine rings is 2. The van der Waals surface area contributed by atoms with Crippen molar-refractivity contribution in [3.8, 4) is 11.3 Å². The molecule has 2 aromatic heterocycles. The Balaban J connectivity index is 1.84. The second-order valence-electron chi connectivity index (χ2n) is 5.81. The van der Waals surface area contributed by atoms with Gasteiger partial charge >= 0.3 is 0 Å². The van der Waals surface area contributed by atoms with Crippen LogP contribution >= 0.6 is 0 Å². The first-order valence-corrected chi connectivity index (χ1v) is 8.16. The number of carbonyl (C=O) groups is 1. The Morgan fingerprint density at radius 3 is 2.54 bits per heavy atom. The first-order chi connectivity index (χ1) is 12.7. The first-order valence-electron chi connectivity index (χ1n) is 8.16. The molecular formula is C21H15N3O2. The van der Waals surface area contributed by atoms with E-state index in [1.165, 1.54) is 18.5 Å². The predicted octanol–water partition coefficient (Wildman–Crippen LogP) is 3.84. The van der Waals surface area contributed by atoms with Crippen LogP contribution in [0.25, 0.3) is 22.2 Å². The van der Waals surface area contributed by atoms with Gasteiger partial charge < -0.3 is 10.3 Å². The van der Waals surface area contributed by atoms with Crippen LogP contribution in [0.1, 0.15) is 10.4 Å². The Morgan fingerprint density at radius 1 is 0.962 bits per heavy atom. The summed E-state index contributed by atoms with van der Waals surface area (Å²) >= 11 is 0. The van der Waals surface area contributed by atoms with Gasteiger partial charge in [0.05, 0.1) is 16.8 Å². The number of anilines is 1. The molecule has 126 valence electrons. The fourth-order valence-corrected chi connectivity index (χ4v) is 2.82. The quantitative estimate of drug-likeness (QED) is 0.594. The Hall–Kier alpha value is -3.73. The molecule has 0 atom stereocenters. The number of fused-ring (bicyclic) bond motifs is 1. The molecule has 2 heterocycles. The summed E-state index contributed by atoms with van der Waals surface area (Å²) in [5.74, 6) is -0.350. The molecule has 0 bridgehead atoms. The molecule has 0 aliphatic heterocycles. The van der Waals surface area contributed by atoms with Crippen LogP contribution in [0.2, 0.25) is 0 Å². The average molecular weight is 341 g/mol. The molecule has 1 amide bonds. The van der Waals surface area contributed by atoms with Crippen molar-refractivity contribution in [3.05, 3.63) is 94.9 Å². The molecule has 0 unspecified atom stereocenters. The second kappa shape index (κ2) is 6.64. The van der Waals surface area contributed by atoms with Crippen LogP contribution < -0.4 is 10.7 Å². The van der Waals surface area contributed by atoms with E-state index < -0.39 is 0 Å². The van der Waals surface area contributed by atoms with Gasteiger partial charge in [0.2, 0.25) is 5.43 Å². The molecule has 5 nitrogen and oxygen atoms in total. The number of para-hydroxylation sites is 1. The molecule has 0 radical (unpaired) electrons. The van der Waals surface area contributed by atoms with Crippen molar-refractivity contribution < 1.29 is 4.79 Å². The van der Waals surface area contributed by atoms with Crippen molar-refractivity contribution in [3.63, 3.8) is 0 Å². The molecule has 0 fully saturated rings. The zero-order valence-electron chi connectivity index (χ0n) is 13.8. The Morgan fingerprint density at radius 2 is 1.73 bits per heavy atom. The lowest BCUT2D eigenvalue weighted by Crippen LogP contribution is -2.18. The summed E-state index contributed by atoms with van der Waals surface area (Å²) in [5, 5.41) is 3.42. The van der Waals surface area contributed by atoms with E-state index in [0.29, 0.717) is 11.3 Å². The van der Waals surface area contributed by atoms with E-state index in [1.54, 1.807) is 6.07 Å². The van der Waals surface area contributed by atoms with Gasteiger partial charge in [-0.15, -0.1) is 0 Å². The number of benzene rings is 2. The number of rotatable bonds is 3. The lowest BCUT2D eigenvalue weighted by atomic mass is 10.0. The summed E-state index contributed by atoms with van der Waals surface area (Å²) in [6.07, 6.45) is 3.00. The van der Waals surface area contributed by atoms with Crippen molar-refractivity contribution >= 4 is 22.5 Å². The highest BCUT2D eigenvalue weighted by Crippen LogP contribution is 2.25. The maximum Gasteiger partial charge on any atom is 0.256 e. The number of H-pyrrole nitrogens is 1. The summed E-state index contributed by atoms with van der Waals surface area (Å²) in [5.41, 5.74) is 2.78. The van der Waals surface area contributed by atoms with E-state index in [2.05, 4.69) is 15.3 Å². The highest BCUT2D eigenvalue weighted by atomic mass is 16.2. The summed E-state index contributed by atoms with van der Waals surface area (Å²) in [6, 6.07) is 20.3. The number of hydrogen-bond acceptors (Lipinski definition) is 3. The Labute approximate surface area is 149 Å². The highest BCUT2D eigenvalue weighted by Gasteiger charge is 2.15. The van der Waals surface area contributed by atoms with Gasteiger partial charge in [-0.1, -0.05) is 48.5 Å². The number of amides is 1. The Bertz CT molecular complexity index is 1150. The lowest BCUT2D eigenvalue weighted by Gasteiger charge is -2.10. The van der Waals surface area contributed by atoms with Crippen molar-refractivity contribution in [2.45, 2.75) is 0 Å². The van der Waals surface area contributed by atoms with Crippen LogP contribution in [0.5, 0.6) is 0 Å². The van der Waals surface area contributed by atoms with E-state index in [1.807, 2.05) is 54.6 Å². The van der Waals surface area contributed by atoms with E-state index in [9.17, 15) is 9.59 Å². The largest absolute Gasteiger partial charge is 0.366 e. The predicted molar refractivity (Wildman–Crippen MR) is 102 cm³/mol. The molecule has 0 aliphatic carbocycles.